The minimum Gasteiger partial charge on any atom is -0.322 e. The predicted octanol–water partition coefficient (Wildman–Crippen LogP) is 6.15. The van der Waals surface area contributed by atoms with Gasteiger partial charge in [0, 0.05) is 36.4 Å². The normalized spacial score (nSPS) is 21.2. The van der Waals surface area contributed by atoms with Crippen LogP contribution in [-0.2, 0) is 6.18 Å². The summed E-state index contributed by atoms with van der Waals surface area (Å²) in [5.41, 5.74) is 0.381. The van der Waals surface area contributed by atoms with Crippen LogP contribution in [0.3, 0.4) is 0 Å². The van der Waals surface area contributed by atoms with Crippen molar-refractivity contribution in [3.8, 4) is 0 Å². The van der Waals surface area contributed by atoms with Gasteiger partial charge in [-0.15, -0.1) is 0 Å². The van der Waals surface area contributed by atoms with Crippen molar-refractivity contribution in [3.63, 3.8) is 0 Å². The van der Waals surface area contributed by atoms with Crippen molar-refractivity contribution in [2.75, 3.05) is 50.7 Å². The number of rotatable bonds is 9. The molecule has 0 spiro atoms. The van der Waals surface area contributed by atoms with Crippen LogP contribution in [0.4, 0.5) is 23.7 Å². The van der Waals surface area contributed by atoms with Crippen molar-refractivity contribution in [3.05, 3.63) is 64.7 Å². The molecule has 4 rings (SSSR count). The van der Waals surface area contributed by atoms with E-state index in [1.807, 2.05) is 0 Å². The first kappa shape index (κ1) is 26.8. The van der Waals surface area contributed by atoms with E-state index in [1.54, 1.807) is 40.1 Å². The number of hydrogen-bond acceptors (Lipinski definition) is 3. The summed E-state index contributed by atoms with van der Waals surface area (Å²) in [6.07, 6.45) is -2.46. The first-order valence-electron chi connectivity index (χ1n) is 12.7. The smallest absolute Gasteiger partial charge is 0.322 e. The van der Waals surface area contributed by atoms with Crippen LogP contribution in [-0.4, -0.2) is 72.6 Å². The molecule has 9 heteroatoms. The second-order valence-corrected chi connectivity index (χ2v) is 9.97. The molecular weight excluding hydrogens is 489 g/mol. The summed E-state index contributed by atoms with van der Waals surface area (Å²) >= 11 is 6.04. The van der Waals surface area contributed by atoms with Crippen LogP contribution in [0.5, 0.6) is 0 Å². The maximum atomic E-state index is 13.5. The van der Waals surface area contributed by atoms with Crippen molar-refractivity contribution < 1.29 is 18.0 Å². The zero-order chi connectivity index (χ0) is 25.9. The zero-order valence-corrected chi connectivity index (χ0v) is 21.6. The van der Waals surface area contributed by atoms with E-state index < -0.39 is 17.8 Å². The summed E-state index contributed by atoms with van der Waals surface area (Å²) in [5, 5.41) is 0.534. The fourth-order valence-corrected chi connectivity index (χ4v) is 5.57. The molecule has 5 nitrogen and oxygen atoms in total. The Balaban J connectivity index is 1.47. The van der Waals surface area contributed by atoms with E-state index in [-0.39, 0.29) is 6.03 Å². The minimum atomic E-state index is -4.44. The van der Waals surface area contributed by atoms with Gasteiger partial charge >= 0.3 is 12.2 Å². The second-order valence-electron chi connectivity index (χ2n) is 9.53. The van der Waals surface area contributed by atoms with E-state index in [0.29, 0.717) is 35.4 Å². The Morgan fingerprint density at radius 3 is 2.42 bits per heavy atom. The van der Waals surface area contributed by atoms with Gasteiger partial charge in [0.25, 0.3) is 0 Å². The maximum Gasteiger partial charge on any atom is 0.416 e. The van der Waals surface area contributed by atoms with Gasteiger partial charge in [-0.3, -0.25) is 9.80 Å². The third-order valence-electron chi connectivity index (χ3n) is 7.36. The molecule has 2 saturated heterocycles. The number of nitrogens with zero attached hydrogens (tertiary/aromatic N) is 4. The Hall–Kier alpha value is -2.29. The third kappa shape index (κ3) is 5.98. The van der Waals surface area contributed by atoms with Gasteiger partial charge in [0.15, 0.2) is 0 Å². The van der Waals surface area contributed by atoms with Crippen LogP contribution in [0.2, 0.25) is 5.02 Å². The molecule has 0 radical (unpaired) electrons. The van der Waals surface area contributed by atoms with Gasteiger partial charge in [-0.25, -0.2) is 4.79 Å². The number of likely N-dealkylation sites (N-methyl/N-ethyl adjacent to an activating group) is 1. The number of hydrogen-bond donors (Lipinski definition) is 0. The average molecular weight is 523 g/mol. The van der Waals surface area contributed by atoms with Crippen molar-refractivity contribution >= 4 is 23.3 Å². The first-order valence-corrected chi connectivity index (χ1v) is 13.1. The first-order chi connectivity index (χ1) is 17.2. The number of halogens is 4. The molecule has 2 aliphatic heterocycles. The number of benzene rings is 2. The molecular formula is C27H34ClF3N4O. The van der Waals surface area contributed by atoms with Gasteiger partial charge in [-0.1, -0.05) is 37.6 Å². The fraction of sp³-hybridized carbons (Fsp3) is 0.519. The molecule has 0 aromatic heterocycles. The number of amides is 2. The van der Waals surface area contributed by atoms with Crippen molar-refractivity contribution in [2.24, 2.45) is 0 Å². The lowest BCUT2D eigenvalue weighted by Crippen LogP contribution is -2.38. The molecule has 2 aromatic carbocycles. The van der Waals surface area contributed by atoms with E-state index >= 15 is 0 Å². The lowest BCUT2D eigenvalue weighted by molar-refractivity contribution is -0.137. The fourth-order valence-electron chi connectivity index (χ4n) is 5.45. The van der Waals surface area contributed by atoms with Crippen LogP contribution in [0.25, 0.3) is 0 Å². The molecule has 2 aliphatic rings. The van der Waals surface area contributed by atoms with Gasteiger partial charge in [-0.05, 0) is 81.0 Å². The van der Waals surface area contributed by atoms with Crippen LogP contribution in [0.15, 0.2) is 48.5 Å². The summed E-state index contributed by atoms with van der Waals surface area (Å²) in [5.74, 6) is 0. The molecule has 1 unspecified atom stereocenters. The molecule has 0 bridgehead atoms. The van der Waals surface area contributed by atoms with Crippen molar-refractivity contribution in [1.29, 1.82) is 0 Å². The SMILES string of the molecule is CCN(CC)C1CCN(CCCN2C[C@H](c3cccc(C(F)(F)F)c3)N(c3ccc(Cl)cc3)C2=O)C1. The van der Waals surface area contributed by atoms with Gasteiger partial charge in [-0.2, -0.15) is 13.2 Å². The standard InChI is InChI=1S/C27H34ClF3N4O/c1-3-33(4-2)24-13-16-32(18-24)14-6-15-34-19-25(20-7-5-8-21(17-20)27(29,30)31)35(26(34)36)23-11-9-22(28)10-12-23/h5,7-12,17,24-25H,3-4,6,13-16,18-19H2,1-2H3/t24?,25-/m1/s1. The number of carbonyl (C=O) groups excluding carboxylic acids is 1. The molecule has 0 saturated carbocycles. The third-order valence-corrected chi connectivity index (χ3v) is 7.62. The molecule has 2 fully saturated rings. The molecule has 36 heavy (non-hydrogen) atoms. The summed E-state index contributed by atoms with van der Waals surface area (Å²) in [6, 6.07) is 12.0. The highest BCUT2D eigenvalue weighted by molar-refractivity contribution is 6.30. The lowest BCUT2D eigenvalue weighted by Gasteiger charge is -2.26. The monoisotopic (exact) mass is 522 g/mol. The summed E-state index contributed by atoms with van der Waals surface area (Å²) < 4.78 is 40.2. The topological polar surface area (TPSA) is 30.0 Å². The number of urea groups is 1. The van der Waals surface area contributed by atoms with Gasteiger partial charge in [0.2, 0.25) is 0 Å². The van der Waals surface area contributed by atoms with Crippen molar-refractivity contribution in [1.82, 2.24) is 14.7 Å². The van der Waals surface area contributed by atoms with Gasteiger partial charge in [0.1, 0.15) is 0 Å². The van der Waals surface area contributed by atoms with Gasteiger partial charge < -0.3 is 9.80 Å². The Labute approximate surface area is 216 Å². The van der Waals surface area contributed by atoms with E-state index in [4.69, 9.17) is 11.6 Å². The quantitative estimate of drug-likeness (QED) is 0.396. The molecule has 2 atom stereocenters. The van der Waals surface area contributed by atoms with E-state index in [0.717, 1.165) is 57.7 Å². The molecule has 2 aromatic rings. The second kappa shape index (κ2) is 11.4. The molecule has 2 amide bonds. The Morgan fingerprint density at radius 2 is 1.75 bits per heavy atom. The Morgan fingerprint density at radius 1 is 1.03 bits per heavy atom. The van der Waals surface area contributed by atoms with Crippen LogP contribution in [0, 0.1) is 0 Å². The zero-order valence-electron chi connectivity index (χ0n) is 20.8. The van der Waals surface area contributed by atoms with Crippen LogP contribution >= 0.6 is 11.6 Å². The molecule has 0 N–H and O–H groups in total. The van der Waals surface area contributed by atoms with Crippen LogP contribution in [0.1, 0.15) is 43.9 Å². The Kier molecular flexibility index (Phi) is 8.48. The summed E-state index contributed by atoms with van der Waals surface area (Å²) in [4.78, 5) is 21.8. The number of alkyl halides is 3. The highest BCUT2D eigenvalue weighted by Crippen LogP contribution is 2.37. The van der Waals surface area contributed by atoms with Crippen molar-refractivity contribution in [2.45, 2.75) is 44.9 Å². The average Bonchev–Trinajstić information content (AvgIpc) is 3.45. The number of carbonyl (C=O) groups is 1. The maximum absolute atomic E-state index is 13.5. The van der Waals surface area contributed by atoms with Crippen LogP contribution < -0.4 is 4.90 Å². The minimum absolute atomic E-state index is 0.192. The predicted molar refractivity (Wildman–Crippen MR) is 137 cm³/mol. The highest BCUT2D eigenvalue weighted by Gasteiger charge is 2.40. The Bertz CT molecular complexity index is 1030. The van der Waals surface area contributed by atoms with E-state index in [2.05, 4.69) is 23.6 Å². The lowest BCUT2D eigenvalue weighted by atomic mass is 10.0. The highest BCUT2D eigenvalue weighted by atomic mass is 35.5. The van der Waals surface area contributed by atoms with E-state index in [9.17, 15) is 18.0 Å². The number of likely N-dealkylation sites (tertiary alicyclic amines) is 1. The van der Waals surface area contributed by atoms with Gasteiger partial charge in [0.05, 0.1) is 11.6 Å². The van der Waals surface area contributed by atoms with E-state index in [1.165, 1.54) is 6.07 Å². The molecule has 2 heterocycles. The summed E-state index contributed by atoms with van der Waals surface area (Å²) in [6.45, 7) is 10.4. The summed E-state index contributed by atoms with van der Waals surface area (Å²) in [7, 11) is 0. The molecule has 196 valence electrons. The number of anilines is 1. The molecule has 0 aliphatic carbocycles. The largest absolute Gasteiger partial charge is 0.416 e.